The summed E-state index contributed by atoms with van der Waals surface area (Å²) in [5.41, 5.74) is 4.05. The Balaban J connectivity index is 1.67. The highest BCUT2D eigenvalue weighted by atomic mass is 35.5. The molecule has 6 heteroatoms. The van der Waals surface area contributed by atoms with Gasteiger partial charge in [-0.25, -0.2) is 4.98 Å². The second-order valence-electron chi connectivity index (χ2n) is 6.92. The van der Waals surface area contributed by atoms with Crippen LogP contribution in [0.1, 0.15) is 11.1 Å². The normalized spacial score (nSPS) is 13.9. The lowest BCUT2D eigenvalue weighted by Gasteiger charge is -2.20. The largest absolute Gasteiger partial charge is 0.493 e. The average Bonchev–Trinajstić information content (AvgIpc) is 2.94. The first-order valence-corrected chi connectivity index (χ1v) is 9.86. The molecular formula is C23H23ClN2O3. The van der Waals surface area contributed by atoms with Crippen molar-refractivity contribution in [1.82, 2.24) is 9.88 Å². The Hall–Kier alpha value is -2.76. The molecule has 0 atom stereocenters. The zero-order valence-electron chi connectivity index (χ0n) is 16.5. The van der Waals surface area contributed by atoms with Gasteiger partial charge in [0.1, 0.15) is 6.61 Å². The molecule has 1 aliphatic heterocycles. The third-order valence-corrected chi connectivity index (χ3v) is 5.16. The molecule has 1 aromatic heterocycles. The second-order valence-corrected chi connectivity index (χ2v) is 7.36. The number of rotatable bonds is 5. The molecular weight excluding hydrogens is 388 g/mol. The van der Waals surface area contributed by atoms with Gasteiger partial charge in [0.2, 0.25) is 5.88 Å². The maximum atomic E-state index is 6.15. The van der Waals surface area contributed by atoms with Gasteiger partial charge >= 0.3 is 0 Å². The van der Waals surface area contributed by atoms with Crippen LogP contribution in [0.2, 0.25) is 5.02 Å². The minimum Gasteiger partial charge on any atom is -0.493 e. The van der Waals surface area contributed by atoms with Crippen LogP contribution in [0.3, 0.4) is 0 Å². The van der Waals surface area contributed by atoms with Gasteiger partial charge in [-0.15, -0.1) is 0 Å². The Bertz CT molecular complexity index is 1010. The van der Waals surface area contributed by atoms with Gasteiger partial charge in [0.15, 0.2) is 11.5 Å². The Kier molecular flexibility index (Phi) is 5.88. The molecule has 0 saturated heterocycles. The molecule has 0 amide bonds. The van der Waals surface area contributed by atoms with Crippen molar-refractivity contribution in [3.63, 3.8) is 0 Å². The maximum Gasteiger partial charge on any atom is 0.213 e. The molecule has 0 fully saturated rings. The number of hydrogen-bond acceptors (Lipinski definition) is 5. The fourth-order valence-electron chi connectivity index (χ4n) is 3.56. The van der Waals surface area contributed by atoms with Gasteiger partial charge in [-0.2, -0.15) is 0 Å². The number of nitrogens with zero attached hydrogens (tertiary/aromatic N) is 2. The van der Waals surface area contributed by atoms with E-state index in [1.54, 1.807) is 14.2 Å². The molecule has 0 saturated carbocycles. The van der Waals surface area contributed by atoms with Crippen LogP contribution in [0.4, 0.5) is 0 Å². The molecule has 0 N–H and O–H groups in total. The van der Waals surface area contributed by atoms with Crippen LogP contribution in [0.5, 0.6) is 17.4 Å². The number of aromatic nitrogens is 1. The summed E-state index contributed by atoms with van der Waals surface area (Å²) in [6.45, 7) is 2.96. The summed E-state index contributed by atoms with van der Waals surface area (Å²) >= 11 is 6.15. The van der Waals surface area contributed by atoms with Gasteiger partial charge in [-0.1, -0.05) is 29.8 Å². The average molecular weight is 411 g/mol. The van der Waals surface area contributed by atoms with Crippen LogP contribution in [0, 0.1) is 0 Å². The third kappa shape index (κ3) is 4.47. The molecule has 1 aliphatic rings. The van der Waals surface area contributed by atoms with Crippen molar-refractivity contribution in [3.05, 3.63) is 70.7 Å². The van der Waals surface area contributed by atoms with Crippen LogP contribution in [0.25, 0.3) is 11.3 Å². The summed E-state index contributed by atoms with van der Waals surface area (Å²) in [5.74, 6) is 2.09. The van der Waals surface area contributed by atoms with Crippen LogP contribution < -0.4 is 14.2 Å². The van der Waals surface area contributed by atoms with Gasteiger partial charge in [0, 0.05) is 41.9 Å². The topological polar surface area (TPSA) is 43.8 Å². The van der Waals surface area contributed by atoms with Crippen molar-refractivity contribution < 1.29 is 14.2 Å². The van der Waals surface area contributed by atoms with E-state index in [1.165, 1.54) is 5.56 Å². The molecule has 0 unspecified atom stereocenters. The lowest BCUT2D eigenvalue weighted by atomic mass is 10.0. The maximum absolute atomic E-state index is 6.15. The molecule has 0 bridgehead atoms. The van der Waals surface area contributed by atoms with E-state index >= 15 is 0 Å². The van der Waals surface area contributed by atoms with Crippen LogP contribution >= 0.6 is 11.6 Å². The van der Waals surface area contributed by atoms with Crippen LogP contribution in [0.15, 0.2) is 54.6 Å². The van der Waals surface area contributed by atoms with E-state index in [4.69, 9.17) is 25.8 Å². The number of pyridine rings is 1. The van der Waals surface area contributed by atoms with Crippen molar-refractivity contribution in [1.29, 1.82) is 0 Å². The van der Waals surface area contributed by atoms with Crippen LogP contribution in [-0.2, 0) is 13.1 Å². The zero-order chi connectivity index (χ0) is 20.2. The number of methoxy groups -OCH3 is 2. The van der Waals surface area contributed by atoms with Gasteiger partial charge in [-0.3, -0.25) is 4.90 Å². The predicted molar refractivity (Wildman–Crippen MR) is 114 cm³/mol. The van der Waals surface area contributed by atoms with Gasteiger partial charge in [0.25, 0.3) is 0 Å². The van der Waals surface area contributed by atoms with E-state index in [2.05, 4.69) is 22.0 Å². The van der Waals surface area contributed by atoms with E-state index < -0.39 is 0 Å². The summed E-state index contributed by atoms with van der Waals surface area (Å²) in [7, 11) is 3.28. The molecule has 4 rings (SSSR count). The van der Waals surface area contributed by atoms with E-state index in [-0.39, 0.29) is 0 Å². The van der Waals surface area contributed by atoms with Crippen molar-refractivity contribution in [3.8, 4) is 28.6 Å². The number of ether oxygens (including phenoxy) is 3. The SMILES string of the molecule is COc1cccc(-c2cc3c(c(OC)c2)OCCN(Cc2cccc(Cl)c2)C3)n1. The van der Waals surface area contributed by atoms with E-state index in [9.17, 15) is 0 Å². The molecule has 29 heavy (non-hydrogen) atoms. The lowest BCUT2D eigenvalue weighted by Crippen LogP contribution is -2.25. The highest BCUT2D eigenvalue weighted by Gasteiger charge is 2.21. The molecule has 0 spiro atoms. The van der Waals surface area contributed by atoms with E-state index in [0.29, 0.717) is 18.2 Å². The molecule has 2 aromatic carbocycles. The van der Waals surface area contributed by atoms with Crippen molar-refractivity contribution in [2.45, 2.75) is 13.1 Å². The van der Waals surface area contributed by atoms with Crippen LogP contribution in [-0.4, -0.2) is 37.3 Å². The molecule has 150 valence electrons. The monoisotopic (exact) mass is 410 g/mol. The Labute approximate surface area is 175 Å². The summed E-state index contributed by atoms with van der Waals surface area (Å²) in [6.07, 6.45) is 0. The number of benzene rings is 2. The van der Waals surface area contributed by atoms with Crippen molar-refractivity contribution in [2.24, 2.45) is 0 Å². The highest BCUT2D eigenvalue weighted by Crippen LogP contribution is 2.38. The Morgan fingerprint density at radius 1 is 1.07 bits per heavy atom. The Morgan fingerprint density at radius 2 is 1.93 bits per heavy atom. The molecule has 2 heterocycles. The number of hydrogen-bond donors (Lipinski definition) is 0. The third-order valence-electron chi connectivity index (χ3n) is 4.92. The fourth-order valence-corrected chi connectivity index (χ4v) is 3.77. The summed E-state index contributed by atoms with van der Waals surface area (Å²) in [5, 5.41) is 0.752. The first-order chi connectivity index (χ1) is 14.2. The van der Waals surface area contributed by atoms with Gasteiger partial charge < -0.3 is 14.2 Å². The molecule has 0 radical (unpaired) electrons. The Morgan fingerprint density at radius 3 is 2.72 bits per heavy atom. The molecule has 0 aliphatic carbocycles. The summed E-state index contributed by atoms with van der Waals surface area (Å²) < 4.78 is 17.0. The summed E-state index contributed by atoms with van der Waals surface area (Å²) in [6, 6.07) is 17.8. The first-order valence-electron chi connectivity index (χ1n) is 9.48. The highest BCUT2D eigenvalue weighted by molar-refractivity contribution is 6.30. The predicted octanol–water partition coefficient (Wildman–Crippen LogP) is 4.81. The first kappa shape index (κ1) is 19.6. The van der Waals surface area contributed by atoms with Gasteiger partial charge in [-0.05, 0) is 35.9 Å². The van der Waals surface area contributed by atoms with E-state index in [1.807, 2.05) is 42.5 Å². The minimum atomic E-state index is 0.579. The standard InChI is InChI=1S/C23H23ClN2O3/c1-27-21-13-17(20-7-4-8-22(25-20)28-2)12-18-15-26(9-10-29-23(18)21)14-16-5-3-6-19(24)11-16/h3-8,11-13H,9-10,14-15H2,1-2H3. The molecule has 5 nitrogen and oxygen atoms in total. The number of halogens is 1. The zero-order valence-corrected chi connectivity index (χ0v) is 17.3. The molecule has 3 aromatic rings. The van der Waals surface area contributed by atoms with Crippen molar-refractivity contribution >= 4 is 11.6 Å². The smallest absolute Gasteiger partial charge is 0.213 e. The van der Waals surface area contributed by atoms with Gasteiger partial charge in [0.05, 0.1) is 19.9 Å². The quantitative estimate of drug-likeness (QED) is 0.603. The van der Waals surface area contributed by atoms with Crippen molar-refractivity contribution in [2.75, 3.05) is 27.4 Å². The lowest BCUT2D eigenvalue weighted by molar-refractivity contribution is 0.217. The summed E-state index contributed by atoms with van der Waals surface area (Å²) in [4.78, 5) is 6.91. The van der Waals surface area contributed by atoms with E-state index in [0.717, 1.165) is 47.2 Å². The number of fused-ring (bicyclic) bond motifs is 1. The minimum absolute atomic E-state index is 0.579. The second kappa shape index (κ2) is 8.72. The fraction of sp³-hybridized carbons (Fsp3) is 0.261.